The van der Waals surface area contributed by atoms with Gasteiger partial charge >= 0.3 is 6.18 Å². The third-order valence-electron chi connectivity index (χ3n) is 7.66. The van der Waals surface area contributed by atoms with Gasteiger partial charge in [0.1, 0.15) is 12.6 Å². The average Bonchev–Trinajstić information content (AvgIpc) is 3.48. The number of anilines is 1. The summed E-state index contributed by atoms with van der Waals surface area (Å²) in [5.74, 6) is -1.31. The fourth-order valence-corrected chi connectivity index (χ4v) is 7.16. The van der Waals surface area contributed by atoms with Gasteiger partial charge in [0, 0.05) is 22.6 Å². The van der Waals surface area contributed by atoms with E-state index in [-0.39, 0.29) is 22.5 Å². The van der Waals surface area contributed by atoms with Crippen molar-refractivity contribution in [3.63, 3.8) is 0 Å². The highest BCUT2D eigenvalue weighted by molar-refractivity contribution is 7.92. The van der Waals surface area contributed by atoms with Gasteiger partial charge in [-0.2, -0.15) is 13.2 Å². The van der Waals surface area contributed by atoms with E-state index < -0.39 is 56.9 Å². The first-order valence-electron chi connectivity index (χ1n) is 14.1. The number of rotatable bonds is 10. The van der Waals surface area contributed by atoms with Crippen LogP contribution in [-0.4, -0.2) is 43.8 Å². The third kappa shape index (κ3) is 8.44. The lowest BCUT2D eigenvalue weighted by atomic mass is 10.1. The molecule has 1 unspecified atom stereocenters. The van der Waals surface area contributed by atoms with Crippen LogP contribution in [0.15, 0.2) is 65.6 Å². The lowest BCUT2D eigenvalue weighted by Crippen LogP contribution is -2.52. The molecule has 0 heterocycles. The van der Waals surface area contributed by atoms with Crippen LogP contribution in [0.1, 0.15) is 49.3 Å². The Morgan fingerprint density at radius 3 is 2.20 bits per heavy atom. The highest BCUT2D eigenvalue weighted by Gasteiger charge is 2.37. The zero-order valence-corrected chi connectivity index (χ0v) is 27.5. The Balaban J connectivity index is 1.77. The average molecular weight is 705 g/mol. The zero-order valence-electron chi connectivity index (χ0n) is 24.4. The smallest absolute Gasteiger partial charge is 0.352 e. The first-order chi connectivity index (χ1) is 21.1. The molecule has 45 heavy (non-hydrogen) atoms. The third-order valence-corrected chi connectivity index (χ3v) is 10.4. The summed E-state index contributed by atoms with van der Waals surface area (Å²) in [4.78, 5) is 28.3. The Hall–Kier alpha value is -2.99. The van der Waals surface area contributed by atoms with Gasteiger partial charge in [-0.3, -0.25) is 13.9 Å². The largest absolute Gasteiger partial charge is 0.417 e. The van der Waals surface area contributed by atoms with Gasteiger partial charge in [-0.25, -0.2) is 8.42 Å². The van der Waals surface area contributed by atoms with Gasteiger partial charge in [0.2, 0.25) is 11.8 Å². The number of halogens is 6. The summed E-state index contributed by atoms with van der Waals surface area (Å²) in [5, 5.41) is 2.85. The zero-order chi connectivity index (χ0) is 33.1. The molecule has 0 saturated heterocycles. The van der Waals surface area contributed by atoms with Crippen molar-refractivity contribution in [3.8, 4) is 0 Å². The number of sulfonamides is 1. The molecule has 1 N–H and O–H groups in total. The molecule has 0 aromatic heterocycles. The van der Waals surface area contributed by atoms with Crippen molar-refractivity contribution < 1.29 is 31.2 Å². The molecule has 1 fully saturated rings. The molecule has 1 saturated carbocycles. The Kier molecular flexibility index (Phi) is 11.0. The number of carbonyl (C=O) groups is 2. The van der Waals surface area contributed by atoms with Gasteiger partial charge in [-0.15, -0.1) is 0 Å². The van der Waals surface area contributed by atoms with E-state index in [0.717, 1.165) is 48.3 Å². The van der Waals surface area contributed by atoms with Crippen LogP contribution < -0.4 is 9.62 Å². The van der Waals surface area contributed by atoms with Gasteiger partial charge in [0.25, 0.3) is 10.0 Å². The van der Waals surface area contributed by atoms with Crippen LogP contribution in [0.25, 0.3) is 0 Å². The molecular weight excluding hydrogens is 674 g/mol. The van der Waals surface area contributed by atoms with Gasteiger partial charge in [-0.05, 0) is 74.7 Å². The molecular formula is C31H31Cl3F3N3O4S. The fourth-order valence-electron chi connectivity index (χ4n) is 5.06. The molecule has 3 aromatic carbocycles. The second-order valence-corrected chi connectivity index (χ2v) is 14.0. The number of benzene rings is 3. The van der Waals surface area contributed by atoms with Gasteiger partial charge < -0.3 is 10.2 Å². The predicted octanol–water partition coefficient (Wildman–Crippen LogP) is 7.65. The van der Waals surface area contributed by atoms with Crippen LogP contribution in [-0.2, 0) is 32.3 Å². The number of hydrogen-bond acceptors (Lipinski definition) is 4. The number of nitrogens with zero attached hydrogens (tertiary/aromatic N) is 2. The number of nitrogens with one attached hydrogen (secondary N) is 1. The molecule has 0 radical (unpaired) electrons. The minimum Gasteiger partial charge on any atom is -0.352 e. The minimum atomic E-state index is -4.90. The maximum absolute atomic E-state index is 14.1. The van der Waals surface area contributed by atoms with Crippen molar-refractivity contribution >= 4 is 62.3 Å². The van der Waals surface area contributed by atoms with Gasteiger partial charge in [0.05, 0.1) is 21.2 Å². The van der Waals surface area contributed by atoms with E-state index in [2.05, 4.69) is 5.32 Å². The minimum absolute atomic E-state index is 0.0655. The maximum Gasteiger partial charge on any atom is 0.417 e. The van der Waals surface area contributed by atoms with E-state index in [9.17, 15) is 31.2 Å². The van der Waals surface area contributed by atoms with E-state index in [1.165, 1.54) is 37.3 Å². The van der Waals surface area contributed by atoms with E-state index >= 15 is 0 Å². The Bertz CT molecular complexity index is 1660. The van der Waals surface area contributed by atoms with Crippen LogP contribution >= 0.6 is 34.8 Å². The summed E-state index contributed by atoms with van der Waals surface area (Å²) in [6.07, 6.45) is -1.42. The predicted molar refractivity (Wildman–Crippen MR) is 169 cm³/mol. The second-order valence-electron chi connectivity index (χ2n) is 10.9. The number of aryl methyl sites for hydroxylation is 1. The van der Waals surface area contributed by atoms with E-state index in [1.54, 1.807) is 19.1 Å². The van der Waals surface area contributed by atoms with Crippen LogP contribution in [0.5, 0.6) is 0 Å². The van der Waals surface area contributed by atoms with Crippen molar-refractivity contribution in [2.45, 2.75) is 69.2 Å². The molecule has 2 amide bonds. The summed E-state index contributed by atoms with van der Waals surface area (Å²) >= 11 is 18.3. The van der Waals surface area contributed by atoms with Gasteiger partial charge in [-0.1, -0.05) is 71.4 Å². The van der Waals surface area contributed by atoms with E-state index in [4.69, 9.17) is 34.8 Å². The number of carbonyl (C=O) groups excluding carboxylic acids is 2. The van der Waals surface area contributed by atoms with Crippen LogP contribution in [0.4, 0.5) is 18.9 Å². The lowest BCUT2D eigenvalue weighted by molar-refractivity contribution is -0.139. The quantitative estimate of drug-likeness (QED) is 0.235. The molecule has 0 spiro atoms. The molecule has 7 nitrogen and oxygen atoms in total. The van der Waals surface area contributed by atoms with E-state index in [0.29, 0.717) is 21.0 Å². The Morgan fingerprint density at radius 1 is 0.956 bits per heavy atom. The Morgan fingerprint density at radius 2 is 1.60 bits per heavy atom. The lowest BCUT2D eigenvalue weighted by Gasteiger charge is -2.33. The molecule has 3 aromatic rings. The molecule has 1 atom stereocenters. The highest BCUT2D eigenvalue weighted by atomic mass is 35.5. The van der Waals surface area contributed by atoms with Crippen molar-refractivity contribution in [3.05, 3.63) is 92.4 Å². The molecule has 14 heteroatoms. The van der Waals surface area contributed by atoms with Crippen LogP contribution in [0.2, 0.25) is 15.1 Å². The van der Waals surface area contributed by atoms with Crippen molar-refractivity contribution in [2.75, 3.05) is 10.8 Å². The topological polar surface area (TPSA) is 86.8 Å². The highest BCUT2D eigenvalue weighted by Crippen LogP contribution is 2.38. The summed E-state index contributed by atoms with van der Waals surface area (Å²) in [5.41, 5.74) is -0.537. The standard InChI is InChI=1S/C31H31Cl3F3N3O4S/c1-19-7-12-25(13-8-19)45(43,44)40(24-11-14-27(33)26(16-24)31(35,36)37)18-29(41)39(17-21-9-10-22(32)15-28(21)34)20(2)30(42)38-23-5-3-4-6-23/h7-16,20,23H,3-6,17-18H2,1-2H3,(H,38,42). The monoisotopic (exact) mass is 703 g/mol. The maximum atomic E-state index is 14.1. The molecule has 242 valence electrons. The summed E-state index contributed by atoms with van der Waals surface area (Å²) in [6, 6.07) is 11.7. The molecule has 1 aliphatic rings. The molecule has 0 bridgehead atoms. The molecule has 0 aliphatic heterocycles. The summed E-state index contributed by atoms with van der Waals surface area (Å²) < 4.78 is 70.0. The molecule has 4 rings (SSSR count). The second kappa shape index (κ2) is 14.2. The normalized spacial score (nSPS) is 14.7. The number of hydrogen-bond donors (Lipinski definition) is 1. The van der Waals surface area contributed by atoms with E-state index in [1.807, 2.05) is 0 Å². The summed E-state index contributed by atoms with van der Waals surface area (Å²) in [7, 11) is -4.59. The Labute approximate surface area is 275 Å². The van der Waals surface area contributed by atoms with Crippen LogP contribution in [0.3, 0.4) is 0 Å². The van der Waals surface area contributed by atoms with Crippen molar-refractivity contribution in [2.24, 2.45) is 0 Å². The van der Waals surface area contributed by atoms with Crippen molar-refractivity contribution in [1.29, 1.82) is 0 Å². The SMILES string of the molecule is Cc1ccc(S(=O)(=O)N(CC(=O)N(Cc2ccc(Cl)cc2Cl)C(C)C(=O)NC2CCCC2)c2ccc(Cl)c(C(F)(F)F)c2)cc1. The van der Waals surface area contributed by atoms with Gasteiger partial charge in [0.15, 0.2) is 0 Å². The summed E-state index contributed by atoms with van der Waals surface area (Å²) in [6.45, 7) is 2.10. The van der Waals surface area contributed by atoms with Crippen LogP contribution in [0, 0.1) is 6.92 Å². The fraction of sp³-hybridized carbons (Fsp3) is 0.355. The number of amides is 2. The number of alkyl halides is 3. The van der Waals surface area contributed by atoms with Crippen molar-refractivity contribution in [1.82, 2.24) is 10.2 Å². The molecule has 1 aliphatic carbocycles. The first kappa shape index (κ1) is 34.9. The first-order valence-corrected chi connectivity index (χ1v) is 16.6.